The second kappa shape index (κ2) is 14.4. The summed E-state index contributed by atoms with van der Waals surface area (Å²) in [5, 5.41) is 55.9. The SMILES string of the molecule is CC[C@@H]1CC[C@@H](N)[C@@H](O[C@H]2[C@H](O[C@@H]3O[C@H](CO)[C@@H](O[C@H]4O[C@@H](CN)[C@@H](O)[C@H](O)[C@H]4N)[C@H]3O)[C@@H](O)[C@H](NC)C[C@@H]2N)O1. The Morgan fingerprint density at radius 1 is 0.756 bits per heavy atom. The van der Waals surface area contributed by atoms with Crippen molar-refractivity contribution in [3.05, 3.63) is 0 Å². The first-order valence-corrected chi connectivity index (χ1v) is 14.4. The molecule has 0 aromatic rings. The van der Waals surface area contributed by atoms with E-state index in [0.717, 1.165) is 12.8 Å². The first-order valence-electron chi connectivity index (χ1n) is 14.4. The highest BCUT2D eigenvalue weighted by Gasteiger charge is 2.53. The zero-order valence-electron chi connectivity index (χ0n) is 23.6. The van der Waals surface area contributed by atoms with Gasteiger partial charge in [0, 0.05) is 18.6 Å². The summed E-state index contributed by atoms with van der Waals surface area (Å²) in [7, 11) is 1.69. The normalized spacial score (nSPS) is 51.1. The topological polar surface area (TPSA) is 273 Å². The smallest absolute Gasteiger partial charge is 0.187 e. The minimum atomic E-state index is -1.49. The fourth-order valence-electron chi connectivity index (χ4n) is 6.03. The van der Waals surface area contributed by atoms with Crippen LogP contribution in [0.1, 0.15) is 32.6 Å². The molecule has 41 heavy (non-hydrogen) atoms. The standard InChI is InChI=1S/C25H49N5O11/c1-3-9-4-5-10(27)23(36-9)39-20-11(28)6-12(30-2)16(32)22(20)41-25-19(35)21(14(8-31)38-25)40-24-15(29)18(34)17(33)13(7-26)37-24/h9-25,30-35H,3-8,26-29H2,1-2H3/t9-,10-,11+,12-,13+,14-,15-,16+,17-,18-,19-,20-,21-,22-,23-,24-,25+/m1/s1. The third-order valence-corrected chi connectivity index (χ3v) is 8.67. The van der Waals surface area contributed by atoms with Crippen molar-refractivity contribution in [1.29, 1.82) is 0 Å². The molecule has 0 aromatic carbocycles. The van der Waals surface area contributed by atoms with E-state index in [1.54, 1.807) is 7.05 Å². The van der Waals surface area contributed by atoms with Crippen LogP contribution in [0.5, 0.6) is 0 Å². The molecule has 0 radical (unpaired) electrons. The van der Waals surface area contributed by atoms with E-state index in [1.807, 2.05) is 6.92 Å². The molecule has 16 nitrogen and oxygen atoms in total. The molecule has 0 spiro atoms. The summed E-state index contributed by atoms with van der Waals surface area (Å²) >= 11 is 0. The van der Waals surface area contributed by atoms with Crippen LogP contribution < -0.4 is 28.3 Å². The predicted octanol–water partition coefficient (Wildman–Crippen LogP) is -5.12. The van der Waals surface area contributed by atoms with Crippen LogP contribution in [-0.4, -0.2) is 150 Å². The minimum Gasteiger partial charge on any atom is -0.394 e. The van der Waals surface area contributed by atoms with Gasteiger partial charge >= 0.3 is 0 Å². The second-order valence-corrected chi connectivity index (χ2v) is 11.4. The van der Waals surface area contributed by atoms with Crippen molar-refractivity contribution in [2.75, 3.05) is 20.2 Å². The maximum atomic E-state index is 11.2. The quantitative estimate of drug-likeness (QED) is 0.113. The summed E-state index contributed by atoms with van der Waals surface area (Å²) in [6.45, 7) is 1.33. The van der Waals surface area contributed by atoms with Gasteiger partial charge in [-0.2, -0.15) is 0 Å². The first kappa shape index (κ1) is 33.3. The van der Waals surface area contributed by atoms with Crippen molar-refractivity contribution in [2.24, 2.45) is 22.9 Å². The average molecular weight is 596 g/mol. The highest BCUT2D eigenvalue weighted by molar-refractivity contribution is 5.02. The Kier molecular flexibility index (Phi) is 11.7. The van der Waals surface area contributed by atoms with Gasteiger partial charge in [0.25, 0.3) is 0 Å². The Labute approximate surface area is 239 Å². The minimum absolute atomic E-state index is 0.0240. The van der Waals surface area contributed by atoms with Gasteiger partial charge in [-0.05, 0) is 32.7 Å². The lowest BCUT2D eigenvalue weighted by Crippen LogP contribution is -2.66. The third kappa shape index (κ3) is 7.04. The molecular formula is C25H49N5O11. The number of ether oxygens (including phenoxy) is 6. The van der Waals surface area contributed by atoms with Crippen LogP contribution in [0.15, 0.2) is 0 Å². The van der Waals surface area contributed by atoms with Crippen molar-refractivity contribution in [3.8, 4) is 0 Å². The van der Waals surface area contributed by atoms with Crippen LogP contribution in [0.25, 0.3) is 0 Å². The molecule has 1 saturated carbocycles. The van der Waals surface area contributed by atoms with E-state index >= 15 is 0 Å². The number of nitrogens with two attached hydrogens (primary N) is 4. The van der Waals surface area contributed by atoms with Gasteiger partial charge in [0.2, 0.25) is 0 Å². The lowest BCUT2D eigenvalue weighted by molar-refractivity contribution is -0.290. The fourth-order valence-corrected chi connectivity index (χ4v) is 6.03. The molecule has 1 aliphatic carbocycles. The molecule has 16 heteroatoms. The summed E-state index contributed by atoms with van der Waals surface area (Å²) in [6.07, 6.45) is -11.4. The van der Waals surface area contributed by atoms with Gasteiger partial charge in [-0.15, -0.1) is 0 Å². The van der Waals surface area contributed by atoms with E-state index in [4.69, 9.17) is 51.4 Å². The number of aliphatic hydroxyl groups is 5. The van der Waals surface area contributed by atoms with E-state index in [1.165, 1.54) is 0 Å². The number of likely N-dealkylation sites (N-methyl/N-ethyl adjacent to an activating group) is 1. The summed E-state index contributed by atoms with van der Waals surface area (Å²) < 4.78 is 35.8. The third-order valence-electron chi connectivity index (χ3n) is 8.67. The number of nitrogens with one attached hydrogen (secondary N) is 1. The number of hydrogen-bond acceptors (Lipinski definition) is 16. The maximum absolute atomic E-state index is 11.2. The van der Waals surface area contributed by atoms with Crippen molar-refractivity contribution in [3.63, 3.8) is 0 Å². The van der Waals surface area contributed by atoms with Crippen molar-refractivity contribution in [1.82, 2.24) is 5.32 Å². The van der Waals surface area contributed by atoms with Crippen LogP contribution in [0.4, 0.5) is 0 Å². The monoisotopic (exact) mass is 595 g/mol. The average Bonchev–Trinajstić information content (AvgIpc) is 3.26. The Morgan fingerprint density at radius 3 is 2.05 bits per heavy atom. The summed E-state index contributed by atoms with van der Waals surface area (Å²) in [4.78, 5) is 0. The fraction of sp³-hybridized carbons (Fsp3) is 1.00. The molecule has 0 amide bonds. The van der Waals surface area contributed by atoms with E-state index in [2.05, 4.69) is 5.32 Å². The van der Waals surface area contributed by atoms with E-state index < -0.39 is 105 Å². The highest BCUT2D eigenvalue weighted by atomic mass is 16.8. The summed E-state index contributed by atoms with van der Waals surface area (Å²) in [6, 6.07) is -2.63. The number of hydrogen-bond donors (Lipinski definition) is 10. The molecule has 4 rings (SSSR count). The molecule has 3 aliphatic heterocycles. The lowest BCUT2D eigenvalue weighted by atomic mass is 9.84. The van der Waals surface area contributed by atoms with Crippen LogP contribution in [-0.2, 0) is 28.4 Å². The van der Waals surface area contributed by atoms with Crippen LogP contribution in [0.2, 0.25) is 0 Å². The molecule has 0 bridgehead atoms. The Morgan fingerprint density at radius 2 is 1.41 bits per heavy atom. The number of rotatable bonds is 10. The van der Waals surface area contributed by atoms with E-state index in [9.17, 15) is 25.5 Å². The lowest BCUT2D eigenvalue weighted by Gasteiger charge is -2.46. The summed E-state index contributed by atoms with van der Waals surface area (Å²) in [5.74, 6) is 0. The number of aliphatic hydroxyl groups excluding tert-OH is 5. The summed E-state index contributed by atoms with van der Waals surface area (Å²) in [5.41, 5.74) is 24.4. The molecule has 17 atom stereocenters. The molecule has 0 unspecified atom stereocenters. The van der Waals surface area contributed by atoms with Crippen LogP contribution in [0, 0.1) is 0 Å². The van der Waals surface area contributed by atoms with E-state index in [-0.39, 0.29) is 12.6 Å². The predicted molar refractivity (Wildman–Crippen MR) is 142 cm³/mol. The Bertz CT molecular complexity index is 820. The van der Waals surface area contributed by atoms with Gasteiger partial charge in [-0.3, -0.25) is 0 Å². The van der Waals surface area contributed by atoms with E-state index in [0.29, 0.717) is 12.8 Å². The van der Waals surface area contributed by atoms with Gasteiger partial charge in [0.15, 0.2) is 18.9 Å². The second-order valence-electron chi connectivity index (χ2n) is 11.4. The van der Waals surface area contributed by atoms with Gasteiger partial charge in [0.1, 0.15) is 48.8 Å². The first-order chi connectivity index (χ1) is 19.5. The molecule has 4 fully saturated rings. The van der Waals surface area contributed by atoms with Gasteiger partial charge < -0.3 is 82.2 Å². The molecule has 14 N–H and O–H groups in total. The van der Waals surface area contributed by atoms with Gasteiger partial charge in [-0.1, -0.05) is 6.92 Å². The highest BCUT2D eigenvalue weighted by Crippen LogP contribution is 2.34. The molecule has 3 heterocycles. The zero-order chi connectivity index (χ0) is 30.0. The largest absolute Gasteiger partial charge is 0.394 e. The molecule has 0 aromatic heterocycles. The van der Waals surface area contributed by atoms with Crippen LogP contribution in [0.3, 0.4) is 0 Å². The molecule has 3 saturated heterocycles. The van der Waals surface area contributed by atoms with Crippen LogP contribution >= 0.6 is 0 Å². The van der Waals surface area contributed by atoms with Gasteiger partial charge in [-0.25, -0.2) is 0 Å². The zero-order valence-corrected chi connectivity index (χ0v) is 23.6. The molecule has 4 aliphatic rings. The maximum Gasteiger partial charge on any atom is 0.187 e. The Hall–Kier alpha value is -0.640. The Balaban J connectivity index is 1.50. The molecule has 240 valence electrons. The van der Waals surface area contributed by atoms with Crippen molar-refractivity contribution in [2.45, 2.75) is 137 Å². The molecular weight excluding hydrogens is 546 g/mol. The van der Waals surface area contributed by atoms with Crippen molar-refractivity contribution < 1.29 is 54.0 Å². The van der Waals surface area contributed by atoms with Gasteiger partial charge in [0.05, 0.1) is 30.9 Å². The van der Waals surface area contributed by atoms with Crippen molar-refractivity contribution >= 4 is 0 Å².